The number of nitrogens with one attached hydrogen (secondary N) is 1. The van der Waals surface area contributed by atoms with Crippen LogP contribution in [0.2, 0.25) is 0 Å². The van der Waals surface area contributed by atoms with Crippen molar-refractivity contribution in [2.45, 2.75) is 20.8 Å². The molecule has 0 aliphatic rings. The largest absolute Gasteiger partial charge is 0.383 e. The van der Waals surface area contributed by atoms with Crippen LogP contribution in [0.25, 0.3) is 5.69 Å². The van der Waals surface area contributed by atoms with Gasteiger partial charge in [0.1, 0.15) is 0 Å². The highest BCUT2D eigenvalue weighted by Crippen LogP contribution is 2.19. The van der Waals surface area contributed by atoms with Gasteiger partial charge in [-0.25, -0.2) is 4.98 Å². The molecule has 0 saturated carbocycles. The highest BCUT2D eigenvalue weighted by atomic mass is 16.5. The molecule has 0 saturated heterocycles. The third-order valence-corrected chi connectivity index (χ3v) is 3.18. The molecule has 2 aromatic rings. The van der Waals surface area contributed by atoms with Crippen LogP contribution >= 0.6 is 0 Å². The van der Waals surface area contributed by atoms with E-state index in [1.54, 1.807) is 7.11 Å². The lowest BCUT2D eigenvalue weighted by molar-refractivity contribution is 0.210. The number of methoxy groups -OCH3 is 1. The van der Waals surface area contributed by atoms with Crippen LogP contribution in [-0.4, -0.2) is 29.8 Å². The number of benzene rings is 1. The van der Waals surface area contributed by atoms with Crippen LogP contribution in [0.1, 0.15) is 16.8 Å². The molecule has 0 atom stereocenters. The van der Waals surface area contributed by atoms with Crippen molar-refractivity contribution < 1.29 is 4.74 Å². The van der Waals surface area contributed by atoms with Gasteiger partial charge in [0, 0.05) is 25.5 Å². The summed E-state index contributed by atoms with van der Waals surface area (Å²) < 4.78 is 7.13. The minimum Gasteiger partial charge on any atom is -0.383 e. The van der Waals surface area contributed by atoms with Crippen molar-refractivity contribution in [2.24, 2.45) is 0 Å². The normalized spacial score (nSPS) is 10.7. The van der Waals surface area contributed by atoms with Gasteiger partial charge in [-0.05, 0) is 44.0 Å². The standard InChI is InChI=1S/C15H21N3O/c1-11-5-6-14(9-12(11)2)18-10-13(3)17-15(18)16-7-8-19-4/h5-6,9-10H,7-8H2,1-4H3,(H,16,17). The zero-order valence-corrected chi connectivity index (χ0v) is 12.0. The highest BCUT2D eigenvalue weighted by Gasteiger charge is 2.07. The lowest BCUT2D eigenvalue weighted by Crippen LogP contribution is -2.11. The minimum absolute atomic E-state index is 0.666. The molecule has 4 heteroatoms. The first-order valence-corrected chi connectivity index (χ1v) is 6.48. The Balaban J connectivity index is 2.29. The topological polar surface area (TPSA) is 39.1 Å². The van der Waals surface area contributed by atoms with Gasteiger partial charge in [-0.3, -0.25) is 4.57 Å². The zero-order valence-electron chi connectivity index (χ0n) is 12.0. The van der Waals surface area contributed by atoms with E-state index in [-0.39, 0.29) is 0 Å². The average molecular weight is 259 g/mol. The van der Waals surface area contributed by atoms with Crippen molar-refractivity contribution >= 4 is 5.95 Å². The van der Waals surface area contributed by atoms with Crippen LogP contribution in [0.4, 0.5) is 5.95 Å². The molecule has 0 amide bonds. The molecular weight excluding hydrogens is 238 g/mol. The Labute approximate surface area is 114 Å². The fraction of sp³-hybridized carbons (Fsp3) is 0.400. The highest BCUT2D eigenvalue weighted by molar-refractivity contribution is 5.46. The van der Waals surface area contributed by atoms with Gasteiger partial charge in [0.05, 0.1) is 12.3 Å². The summed E-state index contributed by atoms with van der Waals surface area (Å²) >= 11 is 0. The van der Waals surface area contributed by atoms with Crippen molar-refractivity contribution in [3.63, 3.8) is 0 Å². The van der Waals surface area contributed by atoms with E-state index in [2.05, 4.69) is 46.9 Å². The van der Waals surface area contributed by atoms with Crippen LogP contribution in [0, 0.1) is 20.8 Å². The van der Waals surface area contributed by atoms with E-state index in [1.807, 2.05) is 13.1 Å². The second-order valence-corrected chi connectivity index (χ2v) is 4.76. The summed E-state index contributed by atoms with van der Waals surface area (Å²) in [7, 11) is 1.70. The fourth-order valence-corrected chi connectivity index (χ4v) is 1.96. The van der Waals surface area contributed by atoms with Gasteiger partial charge < -0.3 is 10.1 Å². The summed E-state index contributed by atoms with van der Waals surface area (Å²) in [6, 6.07) is 6.43. The Morgan fingerprint density at radius 1 is 1.21 bits per heavy atom. The van der Waals surface area contributed by atoms with Gasteiger partial charge in [-0.1, -0.05) is 6.07 Å². The van der Waals surface area contributed by atoms with Crippen LogP contribution in [0.5, 0.6) is 0 Å². The Morgan fingerprint density at radius 2 is 2.00 bits per heavy atom. The molecule has 0 radical (unpaired) electrons. The van der Waals surface area contributed by atoms with Crippen molar-refractivity contribution in [1.82, 2.24) is 9.55 Å². The number of anilines is 1. The summed E-state index contributed by atoms with van der Waals surface area (Å²) in [5, 5.41) is 3.29. The van der Waals surface area contributed by atoms with Crippen LogP contribution in [0.3, 0.4) is 0 Å². The van der Waals surface area contributed by atoms with Gasteiger partial charge in [0.15, 0.2) is 0 Å². The number of ether oxygens (including phenoxy) is 1. The maximum Gasteiger partial charge on any atom is 0.207 e. The summed E-state index contributed by atoms with van der Waals surface area (Å²) in [5.41, 5.74) is 4.71. The van der Waals surface area contributed by atoms with Gasteiger partial charge in [-0.2, -0.15) is 0 Å². The van der Waals surface area contributed by atoms with Gasteiger partial charge in [0.25, 0.3) is 0 Å². The third kappa shape index (κ3) is 3.15. The van der Waals surface area contributed by atoms with Crippen molar-refractivity contribution in [1.29, 1.82) is 0 Å². The van der Waals surface area contributed by atoms with Crippen molar-refractivity contribution in [2.75, 3.05) is 25.6 Å². The molecule has 0 bridgehead atoms. The number of aryl methyl sites for hydroxylation is 3. The first-order chi connectivity index (χ1) is 9.11. The molecule has 0 fully saturated rings. The molecule has 1 aromatic heterocycles. The number of aromatic nitrogens is 2. The van der Waals surface area contributed by atoms with E-state index in [9.17, 15) is 0 Å². The minimum atomic E-state index is 0.666. The van der Waals surface area contributed by atoms with E-state index in [1.165, 1.54) is 11.1 Å². The van der Waals surface area contributed by atoms with Crippen molar-refractivity contribution in [3.8, 4) is 5.69 Å². The molecular formula is C15H21N3O. The zero-order chi connectivity index (χ0) is 13.8. The average Bonchev–Trinajstić information content (AvgIpc) is 2.74. The van der Waals surface area contributed by atoms with Gasteiger partial charge in [-0.15, -0.1) is 0 Å². The number of imidazole rings is 1. The van der Waals surface area contributed by atoms with Gasteiger partial charge >= 0.3 is 0 Å². The molecule has 2 rings (SSSR count). The van der Waals surface area contributed by atoms with Crippen LogP contribution in [0.15, 0.2) is 24.4 Å². The van der Waals surface area contributed by atoms with Crippen LogP contribution < -0.4 is 5.32 Å². The summed E-state index contributed by atoms with van der Waals surface area (Å²) in [5.74, 6) is 0.859. The second-order valence-electron chi connectivity index (χ2n) is 4.76. The predicted octanol–water partition coefficient (Wildman–Crippen LogP) is 2.86. The van der Waals surface area contributed by atoms with Gasteiger partial charge in [0.2, 0.25) is 5.95 Å². The lowest BCUT2D eigenvalue weighted by atomic mass is 10.1. The molecule has 0 spiro atoms. The monoisotopic (exact) mass is 259 g/mol. The first kappa shape index (κ1) is 13.6. The number of nitrogens with zero attached hydrogens (tertiary/aromatic N) is 2. The third-order valence-electron chi connectivity index (χ3n) is 3.18. The first-order valence-electron chi connectivity index (χ1n) is 6.48. The molecule has 1 aromatic carbocycles. The lowest BCUT2D eigenvalue weighted by Gasteiger charge is -2.11. The molecule has 0 unspecified atom stereocenters. The molecule has 0 aliphatic heterocycles. The molecule has 1 N–H and O–H groups in total. The molecule has 19 heavy (non-hydrogen) atoms. The Morgan fingerprint density at radius 3 is 2.68 bits per heavy atom. The SMILES string of the molecule is COCCNc1nc(C)cn1-c1ccc(C)c(C)c1. The van der Waals surface area contributed by atoms with E-state index >= 15 is 0 Å². The number of rotatable bonds is 5. The molecule has 1 heterocycles. The quantitative estimate of drug-likeness (QED) is 0.839. The molecule has 102 valence electrons. The summed E-state index contributed by atoms with van der Waals surface area (Å²) in [6.45, 7) is 7.66. The molecule has 0 aliphatic carbocycles. The van der Waals surface area contributed by atoms with E-state index in [0.29, 0.717) is 6.61 Å². The van der Waals surface area contributed by atoms with Crippen LogP contribution in [-0.2, 0) is 4.74 Å². The maximum atomic E-state index is 5.05. The predicted molar refractivity (Wildman–Crippen MR) is 78.1 cm³/mol. The summed E-state index contributed by atoms with van der Waals surface area (Å²) in [6.07, 6.45) is 2.04. The summed E-state index contributed by atoms with van der Waals surface area (Å²) in [4.78, 5) is 4.51. The Kier molecular flexibility index (Phi) is 4.22. The Bertz CT molecular complexity index is 561. The fourth-order valence-electron chi connectivity index (χ4n) is 1.96. The smallest absolute Gasteiger partial charge is 0.207 e. The van der Waals surface area contributed by atoms with Crippen molar-refractivity contribution in [3.05, 3.63) is 41.2 Å². The van der Waals surface area contributed by atoms with E-state index in [4.69, 9.17) is 4.74 Å². The van der Waals surface area contributed by atoms with E-state index < -0.39 is 0 Å². The number of hydrogen-bond donors (Lipinski definition) is 1. The van der Waals surface area contributed by atoms with E-state index in [0.717, 1.165) is 23.9 Å². The molecule has 4 nitrogen and oxygen atoms in total. The number of hydrogen-bond acceptors (Lipinski definition) is 3. The second kappa shape index (κ2) is 5.89. The maximum absolute atomic E-state index is 5.05. The Hall–Kier alpha value is -1.81.